The smallest absolute Gasteiger partial charge is 0.253 e. The third kappa shape index (κ3) is 3.74. The standard InChI is InChI=1S/C13H16ClNO.C2H6/c1-10-5-6-11(9-12(10)14)13(16)15-7-3-2-4-8-15;1-2/h5-6,9H,2-4,7-8H2,1H3;1-2H3. The van der Waals surface area contributed by atoms with Crippen LogP contribution in [0.25, 0.3) is 0 Å². The molecule has 1 aliphatic heterocycles. The van der Waals surface area contributed by atoms with Crippen molar-refractivity contribution in [1.29, 1.82) is 0 Å². The average molecular weight is 268 g/mol. The topological polar surface area (TPSA) is 20.3 Å². The van der Waals surface area contributed by atoms with Gasteiger partial charge >= 0.3 is 0 Å². The van der Waals surface area contributed by atoms with Crippen molar-refractivity contribution in [2.75, 3.05) is 13.1 Å². The number of likely N-dealkylation sites (tertiary alicyclic amines) is 1. The molecule has 1 saturated heterocycles. The van der Waals surface area contributed by atoms with Gasteiger partial charge in [0.2, 0.25) is 0 Å². The molecule has 0 saturated carbocycles. The fourth-order valence-corrected chi connectivity index (χ4v) is 2.19. The van der Waals surface area contributed by atoms with Crippen molar-refractivity contribution < 1.29 is 4.79 Å². The van der Waals surface area contributed by atoms with Crippen molar-refractivity contribution in [3.8, 4) is 0 Å². The molecule has 0 spiro atoms. The predicted octanol–water partition coefficient (Wildman–Crippen LogP) is 4.30. The van der Waals surface area contributed by atoms with Gasteiger partial charge in [0.15, 0.2) is 0 Å². The molecule has 18 heavy (non-hydrogen) atoms. The monoisotopic (exact) mass is 267 g/mol. The van der Waals surface area contributed by atoms with E-state index in [-0.39, 0.29) is 5.91 Å². The highest BCUT2D eigenvalue weighted by Gasteiger charge is 2.18. The van der Waals surface area contributed by atoms with Gasteiger partial charge in [-0.3, -0.25) is 4.79 Å². The first-order valence-corrected chi connectivity index (χ1v) is 7.12. The Morgan fingerprint density at radius 2 is 1.78 bits per heavy atom. The van der Waals surface area contributed by atoms with Crippen molar-refractivity contribution in [3.63, 3.8) is 0 Å². The minimum atomic E-state index is 0.113. The van der Waals surface area contributed by atoms with Crippen LogP contribution in [0.5, 0.6) is 0 Å². The van der Waals surface area contributed by atoms with Crippen LogP contribution in [0.4, 0.5) is 0 Å². The van der Waals surface area contributed by atoms with E-state index in [0.717, 1.165) is 31.5 Å². The number of hydrogen-bond donors (Lipinski definition) is 0. The van der Waals surface area contributed by atoms with Crippen LogP contribution in [0.2, 0.25) is 5.02 Å². The third-order valence-electron chi connectivity index (χ3n) is 3.06. The second kappa shape index (κ2) is 7.42. The quantitative estimate of drug-likeness (QED) is 0.743. The van der Waals surface area contributed by atoms with Gasteiger partial charge in [-0.25, -0.2) is 0 Å². The first-order chi connectivity index (χ1) is 8.68. The molecule has 0 unspecified atom stereocenters. The zero-order chi connectivity index (χ0) is 13.5. The molecular formula is C15H22ClNO. The number of carbonyl (C=O) groups excluding carboxylic acids is 1. The Morgan fingerprint density at radius 3 is 2.33 bits per heavy atom. The fourth-order valence-electron chi connectivity index (χ4n) is 2.01. The van der Waals surface area contributed by atoms with E-state index >= 15 is 0 Å². The Labute approximate surface area is 115 Å². The fraction of sp³-hybridized carbons (Fsp3) is 0.533. The highest BCUT2D eigenvalue weighted by molar-refractivity contribution is 6.31. The Hall–Kier alpha value is -1.02. The summed E-state index contributed by atoms with van der Waals surface area (Å²) in [6, 6.07) is 5.53. The summed E-state index contributed by atoms with van der Waals surface area (Å²) < 4.78 is 0. The number of rotatable bonds is 1. The minimum Gasteiger partial charge on any atom is -0.339 e. The van der Waals surface area contributed by atoms with Crippen LogP contribution < -0.4 is 0 Å². The molecule has 1 fully saturated rings. The van der Waals surface area contributed by atoms with E-state index in [9.17, 15) is 4.79 Å². The molecule has 0 bridgehead atoms. The molecule has 100 valence electrons. The normalized spacial score (nSPS) is 14.8. The number of halogens is 1. The summed E-state index contributed by atoms with van der Waals surface area (Å²) in [4.78, 5) is 14.1. The number of nitrogens with zero attached hydrogens (tertiary/aromatic N) is 1. The van der Waals surface area contributed by atoms with Crippen molar-refractivity contribution in [2.24, 2.45) is 0 Å². The molecule has 0 N–H and O–H groups in total. The van der Waals surface area contributed by atoms with Gasteiger partial charge in [-0.1, -0.05) is 31.5 Å². The number of piperidine rings is 1. The second-order valence-corrected chi connectivity index (χ2v) is 4.72. The van der Waals surface area contributed by atoms with Crippen LogP contribution in [0.3, 0.4) is 0 Å². The van der Waals surface area contributed by atoms with Crippen molar-refractivity contribution in [3.05, 3.63) is 34.3 Å². The molecule has 0 radical (unpaired) electrons. The molecular weight excluding hydrogens is 246 g/mol. The van der Waals surface area contributed by atoms with E-state index in [1.165, 1.54) is 6.42 Å². The first kappa shape index (κ1) is 15.0. The lowest BCUT2D eigenvalue weighted by Crippen LogP contribution is -2.35. The zero-order valence-electron chi connectivity index (χ0n) is 11.5. The lowest BCUT2D eigenvalue weighted by atomic mass is 10.1. The van der Waals surface area contributed by atoms with Crippen molar-refractivity contribution in [1.82, 2.24) is 4.90 Å². The maximum atomic E-state index is 12.1. The zero-order valence-corrected chi connectivity index (χ0v) is 12.3. The van der Waals surface area contributed by atoms with Crippen LogP contribution in [0, 0.1) is 6.92 Å². The Bertz CT molecular complexity index is 397. The van der Waals surface area contributed by atoms with Gasteiger partial charge in [0.05, 0.1) is 0 Å². The van der Waals surface area contributed by atoms with Gasteiger partial charge in [0.25, 0.3) is 5.91 Å². The van der Waals surface area contributed by atoms with Crippen LogP contribution in [0.1, 0.15) is 49.0 Å². The van der Waals surface area contributed by atoms with E-state index in [1.807, 2.05) is 37.8 Å². The summed E-state index contributed by atoms with van der Waals surface area (Å²) in [6.07, 6.45) is 3.47. The van der Waals surface area contributed by atoms with Gasteiger partial charge in [-0.2, -0.15) is 0 Å². The molecule has 0 atom stereocenters. The van der Waals surface area contributed by atoms with E-state index in [2.05, 4.69) is 0 Å². The number of carbonyl (C=O) groups is 1. The molecule has 1 amide bonds. The summed E-state index contributed by atoms with van der Waals surface area (Å²) >= 11 is 6.03. The predicted molar refractivity (Wildman–Crippen MR) is 77.3 cm³/mol. The van der Waals surface area contributed by atoms with E-state index in [4.69, 9.17) is 11.6 Å². The van der Waals surface area contributed by atoms with Crippen LogP contribution in [-0.2, 0) is 0 Å². The summed E-state index contributed by atoms with van der Waals surface area (Å²) in [5.74, 6) is 0.113. The van der Waals surface area contributed by atoms with Crippen molar-refractivity contribution in [2.45, 2.75) is 40.0 Å². The molecule has 3 heteroatoms. The molecule has 1 aromatic carbocycles. The van der Waals surface area contributed by atoms with Crippen LogP contribution in [-0.4, -0.2) is 23.9 Å². The SMILES string of the molecule is CC.Cc1ccc(C(=O)N2CCCCC2)cc1Cl. The summed E-state index contributed by atoms with van der Waals surface area (Å²) in [5, 5.41) is 0.669. The largest absolute Gasteiger partial charge is 0.339 e. The molecule has 2 rings (SSSR count). The summed E-state index contributed by atoms with van der Waals surface area (Å²) in [6.45, 7) is 7.70. The molecule has 0 aromatic heterocycles. The maximum Gasteiger partial charge on any atom is 0.253 e. The first-order valence-electron chi connectivity index (χ1n) is 6.74. The van der Waals surface area contributed by atoms with E-state index in [1.54, 1.807) is 6.07 Å². The van der Waals surface area contributed by atoms with Gasteiger partial charge in [0.1, 0.15) is 0 Å². The lowest BCUT2D eigenvalue weighted by Gasteiger charge is -2.26. The van der Waals surface area contributed by atoms with Gasteiger partial charge in [-0.15, -0.1) is 0 Å². The maximum absolute atomic E-state index is 12.1. The molecule has 0 aliphatic carbocycles. The van der Waals surface area contributed by atoms with Crippen molar-refractivity contribution >= 4 is 17.5 Å². The highest BCUT2D eigenvalue weighted by Crippen LogP contribution is 2.19. The summed E-state index contributed by atoms with van der Waals surface area (Å²) in [5.41, 5.74) is 1.72. The third-order valence-corrected chi connectivity index (χ3v) is 3.47. The van der Waals surface area contributed by atoms with Gasteiger partial charge < -0.3 is 4.90 Å². The Morgan fingerprint density at radius 1 is 1.17 bits per heavy atom. The number of benzene rings is 1. The molecule has 2 nitrogen and oxygen atoms in total. The summed E-state index contributed by atoms with van der Waals surface area (Å²) in [7, 11) is 0. The van der Waals surface area contributed by atoms with Gasteiger partial charge in [0, 0.05) is 23.7 Å². The van der Waals surface area contributed by atoms with Gasteiger partial charge in [-0.05, 0) is 43.9 Å². The van der Waals surface area contributed by atoms with Crippen LogP contribution in [0.15, 0.2) is 18.2 Å². The number of aryl methyl sites for hydroxylation is 1. The Balaban J connectivity index is 0.000000771. The van der Waals surface area contributed by atoms with E-state index in [0.29, 0.717) is 10.6 Å². The highest BCUT2D eigenvalue weighted by atomic mass is 35.5. The van der Waals surface area contributed by atoms with E-state index < -0.39 is 0 Å². The number of amides is 1. The molecule has 1 aliphatic rings. The lowest BCUT2D eigenvalue weighted by molar-refractivity contribution is 0.0724. The number of hydrogen-bond acceptors (Lipinski definition) is 1. The Kier molecular flexibility index (Phi) is 6.20. The second-order valence-electron chi connectivity index (χ2n) is 4.32. The van der Waals surface area contributed by atoms with Crippen LogP contribution >= 0.6 is 11.6 Å². The molecule has 1 aromatic rings. The molecule has 1 heterocycles. The minimum absolute atomic E-state index is 0.113. The average Bonchev–Trinajstić information content (AvgIpc) is 2.44.